The lowest BCUT2D eigenvalue weighted by atomic mass is 9.95. The van der Waals surface area contributed by atoms with Crippen LogP contribution in [-0.4, -0.2) is 81.9 Å². The number of nitrogens with zero attached hydrogens (tertiary/aromatic N) is 6. The number of nitrogens with two attached hydrogens (primary N) is 1. The molecule has 6 heterocycles. The summed E-state index contributed by atoms with van der Waals surface area (Å²) in [5, 5.41) is -0.198. The Labute approximate surface area is 241 Å². The second kappa shape index (κ2) is 10.5. The molecule has 0 aliphatic carbocycles. The summed E-state index contributed by atoms with van der Waals surface area (Å²) in [6.07, 6.45) is -7.15. The van der Waals surface area contributed by atoms with Crippen LogP contribution in [0.2, 0.25) is 0 Å². The van der Waals surface area contributed by atoms with E-state index in [1.54, 1.807) is 6.92 Å². The van der Waals surface area contributed by atoms with Crippen molar-refractivity contribution in [2.75, 3.05) is 43.5 Å². The zero-order valence-corrected chi connectivity index (χ0v) is 23.2. The maximum absolute atomic E-state index is 16.4. The topological polar surface area (TPSA) is 103 Å². The molecule has 0 spiro atoms. The van der Waals surface area contributed by atoms with Crippen molar-refractivity contribution in [2.45, 2.75) is 63.5 Å². The maximum Gasteiger partial charge on any atom is 0.418 e. The van der Waals surface area contributed by atoms with E-state index in [0.29, 0.717) is 13.0 Å². The van der Waals surface area contributed by atoms with E-state index in [1.165, 1.54) is 4.90 Å². The Bertz CT molecular complexity index is 1570. The summed E-state index contributed by atoms with van der Waals surface area (Å²) in [4.78, 5) is 19.5. The Hall–Kier alpha value is -3.69. The molecule has 2 saturated heterocycles. The van der Waals surface area contributed by atoms with Gasteiger partial charge in [-0.3, -0.25) is 4.90 Å². The van der Waals surface area contributed by atoms with Crippen LogP contribution >= 0.6 is 0 Å². The van der Waals surface area contributed by atoms with Crippen molar-refractivity contribution in [3.8, 4) is 23.1 Å². The fourth-order valence-corrected chi connectivity index (χ4v) is 6.46. The molecule has 0 saturated carbocycles. The van der Waals surface area contributed by atoms with Gasteiger partial charge >= 0.3 is 12.2 Å². The highest BCUT2D eigenvalue weighted by Crippen LogP contribution is 2.45. The SMILES string of the molecule is Cc1nc(N)cc(-c2nc3c4c(nc(OC[C@@]56CCCN5CC(F)C6)nc4c2F)N(CC(F)F)[C@@H](C)CO3)c1C(F)(F)F. The van der Waals surface area contributed by atoms with E-state index >= 15 is 4.39 Å². The summed E-state index contributed by atoms with van der Waals surface area (Å²) in [5.41, 5.74) is 1.36. The first kappa shape index (κ1) is 29.4. The van der Waals surface area contributed by atoms with Crippen LogP contribution in [0, 0.1) is 12.7 Å². The van der Waals surface area contributed by atoms with Crippen molar-refractivity contribution >= 4 is 22.5 Å². The van der Waals surface area contributed by atoms with Crippen molar-refractivity contribution in [3.05, 3.63) is 23.1 Å². The summed E-state index contributed by atoms with van der Waals surface area (Å²) >= 11 is 0. The molecule has 3 aliphatic rings. The summed E-state index contributed by atoms with van der Waals surface area (Å²) in [6, 6.07) is -0.276. The molecule has 0 radical (unpaired) electrons. The van der Waals surface area contributed by atoms with Gasteiger partial charge in [0.15, 0.2) is 5.82 Å². The number of halogens is 7. The van der Waals surface area contributed by atoms with E-state index in [-0.39, 0.29) is 49.1 Å². The molecule has 3 aliphatic heterocycles. The Morgan fingerprint density at radius 1 is 1.21 bits per heavy atom. The third-order valence-electron chi connectivity index (χ3n) is 8.30. The first-order chi connectivity index (χ1) is 20.3. The number of ether oxygens (including phenoxy) is 2. The molecule has 0 bridgehead atoms. The number of aryl methyl sites for hydroxylation is 1. The summed E-state index contributed by atoms with van der Waals surface area (Å²) in [5.74, 6) is -2.10. The molecule has 9 nitrogen and oxygen atoms in total. The molecule has 43 heavy (non-hydrogen) atoms. The van der Waals surface area contributed by atoms with Gasteiger partial charge in [0.1, 0.15) is 47.6 Å². The molecular formula is C27H28F7N7O2. The summed E-state index contributed by atoms with van der Waals surface area (Å²) in [6.45, 7) is 2.50. The van der Waals surface area contributed by atoms with E-state index < -0.39 is 76.8 Å². The highest BCUT2D eigenvalue weighted by molar-refractivity contribution is 5.97. The van der Waals surface area contributed by atoms with E-state index in [0.717, 1.165) is 19.4 Å². The van der Waals surface area contributed by atoms with Crippen LogP contribution in [0.15, 0.2) is 6.07 Å². The molecule has 1 unspecified atom stereocenters. The molecule has 232 valence electrons. The molecule has 2 fully saturated rings. The van der Waals surface area contributed by atoms with E-state index in [4.69, 9.17) is 15.2 Å². The zero-order chi connectivity index (χ0) is 30.8. The Balaban J connectivity index is 1.55. The van der Waals surface area contributed by atoms with Gasteiger partial charge in [-0.15, -0.1) is 0 Å². The standard InChI is InChI=1S/C27H28F7N7O2/c1-12-10-42-24-18-22(20(31)21(37-24)15-6-17(35)36-13(2)19(15)27(32,33)34)38-25(39-23(18)41(12)9-16(29)30)43-11-26-4-3-5-40(26)8-14(28)7-26/h6,12,14,16H,3-5,7-11H2,1-2H3,(H2,35,36)/t12-,14?,26-/m0/s1. The van der Waals surface area contributed by atoms with Gasteiger partial charge in [-0.25, -0.2) is 27.5 Å². The Morgan fingerprint density at radius 3 is 2.70 bits per heavy atom. The normalized spacial score (nSPS) is 24.0. The molecule has 0 aromatic carbocycles. The molecule has 16 heteroatoms. The average molecular weight is 616 g/mol. The van der Waals surface area contributed by atoms with Crippen molar-refractivity contribution < 1.29 is 40.2 Å². The van der Waals surface area contributed by atoms with Crippen LogP contribution in [0.1, 0.15) is 37.4 Å². The molecular weight excluding hydrogens is 587 g/mol. The van der Waals surface area contributed by atoms with Crippen LogP contribution < -0.4 is 20.1 Å². The van der Waals surface area contributed by atoms with Gasteiger partial charge in [0.2, 0.25) is 5.88 Å². The fourth-order valence-electron chi connectivity index (χ4n) is 6.46. The van der Waals surface area contributed by atoms with Crippen molar-refractivity contribution in [3.63, 3.8) is 0 Å². The fraction of sp³-hybridized carbons (Fsp3) is 0.556. The highest BCUT2D eigenvalue weighted by Gasteiger charge is 2.49. The van der Waals surface area contributed by atoms with Crippen LogP contribution in [-0.2, 0) is 6.18 Å². The average Bonchev–Trinajstić information content (AvgIpc) is 3.40. The lowest BCUT2D eigenvalue weighted by molar-refractivity contribution is -0.137. The van der Waals surface area contributed by atoms with Gasteiger partial charge in [0.25, 0.3) is 6.43 Å². The highest BCUT2D eigenvalue weighted by atomic mass is 19.4. The predicted octanol–water partition coefficient (Wildman–Crippen LogP) is 4.94. The van der Waals surface area contributed by atoms with Gasteiger partial charge in [0, 0.05) is 18.5 Å². The molecule has 6 rings (SSSR count). The Kier molecular flexibility index (Phi) is 7.17. The minimum Gasteiger partial charge on any atom is -0.475 e. The number of alkyl halides is 6. The number of rotatable bonds is 6. The minimum atomic E-state index is -4.95. The summed E-state index contributed by atoms with van der Waals surface area (Å²) < 4.78 is 112. The van der Waals surface area contributed by atoms with Gasteiger partial charge in [-0.05, 0) is 39.3 Å². The van der Waals surface area contributed by atoms with Gasteiger partial charge in [0.05, 0.1) is 29.4 Å². The van der Waals surface area contributed by atoms with Crippen LogP contribution in [0.25, 0.3) is 22.2 Å². The molecule has 3 atom stereocenters. The minimum absolute atomic E-state index is 0.0516. The monoisotopic (exact) mass is 615 g/mol. The lowest BCUT2D eigenvalue weighted by Crippen LogP contribution is -2.43. The van der Waals surface area contributed by atoms with Crippen LogP contribution in [0.4, 0.5) is 42.4 Å². The van der Waals surface area contributed by atoms with E-state index in [9.17, 15) is 26.3 Å². The van der Waals surface area contributed by atoms with Crippen LogP contribution in [0.3, 0.4) is 0 Å². The zero-order valence-electron chi connectivity index (χ0n) is 23.2. The second-order valence-corrected chi connectivity index (χ2v) is 11.3. The number of nitrogen functional groups attached to an aromatic ring is 1. The maximum atomic E-state index is 16.4. The quantitative estimate of drug-likeness (QED) is 0.387. The van der Waals surface area contributed by atoms with Crippen molar-refractivity contribution in [2.24, 2.45) is 0 Å². The third-order valence-corrected chi connectivity index (χ3v) is 8.30. The largest absolute Gasteiger partial charge is 0.475 e. The first-order valence-corrected chi connectivity index (χ1v) is 13.7. The Morgan fingerprint density at radius 2 is 1.98 bits per heavy atom. The predicted molar refractivity (Wildman–Crippen MR) is 142 cm³/mol. The molecule has 2 N–H and O–H groups in total. The number of aromatic nitrogens is 4. The van der Waals surface area contributed by atoms with E-state index in [1.807, 2.05) is 4.90 Å². The number of anilines is 2. The molecule has 3 aromatic heterocycles. The molecule has 3 aromatic rings. The molecule has 0 amide bonds. The number of pyridine rings is 2. The first-order valence-electron chi connectivity index (χ1n) is 13.7. The van der Waals surface area contributed by atoms with Gasteiger partial charge < -0.3 is 20.1 Å². The number of fused-ring (bicyclic) bond motifs is 1. The smallest absolute Gasteiger partial charge is 0.418 e. The third kappa shape index (κ3) is 5.12. The summed E-state index contributed by atoms with van der Waals surface area (Å²) in [7, 11) is 0. The van der Waals surface area contributed by atoms with Crippen molar-refractivity contribution in [1.29, 1.82) is 0 Å². The number of hydrogen-bond donors (Lipinski definition) is 1. The van der Waals surface area contributed by atoms with Gasteiger partial charge in [-0.1, -0.05) is 0 Å². The number of hydrogen-bond acceptors (Lipinski definition) is 9. The van der Waals surface area contributed by atoms with Crippen molar-refractivity contribution in [1.82, 2.24) is 24.8 Å². The van der Waals surface area contributed by atoms with Gasteiger partial charge in [-0.2, -0.15) is 23.1 Å². The lowest BCUT2D eigenvalue weighted by Gasteiger charge is -2.31. The second-order valence-electron chi connectivity index (χ2n) is 11.3. The van der Waals surface area contributed by atoms with Crippen LogP contribution in [0.5, 0.6) is 11.9 Å². The van der Waals surface area contributed by atoms with E-state index in [2.05, 4.69) is 19.9 Å².